The Labute approximate surface area is 127 Å². The minimum atomic E-state index is -0.0206. The van der Waals surface area contributed by atoms with Crippen molar-refractivity contribution in [2.75, 3.05) is 0 Å². The first-order valence-corrected chi connectivity index (χ1v) is 7.56. The second kappa shape index (κ2) is 5.88. The van der Waals surface area contributed by atoms with Gasteiger partial charge in [-0.05, 0) is 37.1 Å². The van der Waals surface area contributed by atoms with Crippen LogP contribution in [0.25, 0.3) is 11.3 Å². The minimum Gasteiger partial charge on any atom is -0.460 e. The van der Waals surface area contributed by atoms with Crippen LogP contribution >= 0.6 is 0 Å². The molecule has 1 aromatic heterocycles. The Morgan fingerprint density at radius 3 is 2.19 bits per heavy atom. The molecule has 0 saturated carbocycles. The number of Topliss-reactive ketones (excluding diaryl/α,β-unsaturated/α-hetero) is 1. The molecular weight excluding hydrogens is 260 g/mol. The lowest BCUT2D eigenvalue weighted by Crippen LogP contribution is -2.09. The molecule has 0 radical (unpaired) electrons. The zero-order valence-electron chi connectivity index (χ0n) is 13.8. The Morgan fingerprint density at radius 1 is 1.00 bits per heavy atom. The van der Waals surface area contributed by atoms with E-state index >= 15 is 0 Å². The Kier molecular flexibility index (Phi) is 4.36. The molecule has 0 aliphatic rings. The van der Waals surface area contributed by atoms with Gasteiger partial charge in [-0.2, -0.15) is 0 Å². The molecule has 2 aromatic rings. The summed E-state index contributed by atoms with van der Waals surface area (Å²) in [7, 11) is 0. The van der Waals surface area contributed by atoms with Gasteiger partial charge < -0.3 is 4.42 Å². The molecule has 2 nitrogen and oxygen atoms in total. The average Bonchev–Trinajstić information content (AvgIpc) is 2.86. The third-order valence-electron chi connectivity index (χ3n) is 3.87. The number of carbonyl (C=O) groups excluding carboxylic acids is 1. The van der Waals surface area contributed by atoms with Crippen molar-refractivity contribution in [3.05, 3.63) is 46.7 Å². The second-order valence-electron chi connectivity index (χ2n) is 6.36. The van der Waals surface area contributed by atoms with Crippen molar-refractivity contribution in [1.29, 1.82) is 0 Å². The summed E-state index contributed by atoms with van der Waals surface area (Å²) < 4.78 is 6.01. The summed E-state index contributed by atoms with van der Waals surface area (Å²) in [5, 5.41) is 0. The van der Waals surface area contributed by atoms with E-state index in [4.69, 9.17) is 4.42 Å². The predicted octanol–water partition coefficient (Wildman–Crippen LogP) is 5.53. The number of aryl methyl sites for hydroxylation is 2. The van der Waals surface area contributed by atoms with E-state index in [9.17, 15) is 4.79 Å². The van der Waals surface area contributed by atoms with Crippen molar-refractivity contribution in [3.63, 3.8) is 0 Å². The van der Waals surface area contributed by atoms with Gasteiger partial charge in [0.15, 0.2) is 5.78 Å². The Morgan fingerprint density at radius 2 is 1.67 bits per heavy atom. The van der Waals surface area contributed by atoms with Gasteiger partial charge in [0.1, 0.15) is 11.5 Å². The van der Waals surface area contributed by atoms with E-state index < -0.39 is 0 Å². The van der Waals surface area contributed by atoms with Crippen LogP contribution in [0.1, 0.15) is 60.9 Å². The molecule has 0 atom stereocenters. The number of benzene rings is 1. The van der Waals surface area contributed by atoms with Crippen molar-refractivity contribution in [2.24, 2.45) is 5.92 Å². The SMILES string of the molecule is Cc1ccc(-c2cc(C(=O)C(C)C)c(C(C)C)o2)cc1C. The highest BCUT2D eigenvalue weighted by Crippen LogP contribution is 2.32. The van der Waals surface area contributed by atoms with E-state index in [1.54, 1.807) is 0 Å². The van der Waals surface area contributed by atoms with Crippen LogP contribution in [0.4, 0.5) is 0 Å². The molecule has 1 aromatic carbocycles. The van der Waals surface area contributed by atoms with Crippen molar-refractivity contribution >= 4 is 5.78 Å². The molecule has 1 heterocycles. The quantitative estimate of drug-likeness (QED) is 0.691. The van der Waals surface area contributed by atoms with Gasteiger partial charge in [-0.15, -0.1) is 0 Å². The lowest BCUT2D eigenvalue weighted by atomic mass is 9.96. The number of rotatable bonds is 4. The number of carbonyl (C=O) groups is 1. The first-order valence-electron chi connectivity index (χ1n) is 7.56. The number of hydrogen-bond acceptors (Lipinski definition) is 2. The van der Waals surface area contributed by atoms with Crippen LogP contribution in [0.2, 0.25) is 0 Å². The summed E-state index contributed by atoms with van der Waals surface area (Å²) >= 11 is 0. The van der Waals surface area contributed by atoms with E-state index in [-0.39, 0.29) is 17.6 Å². The molecule has 0 fully saturated rings. The van der Waals surface area contributed by atoms with Gasteiger partial charge in [0.25, 0.3) is 0 Å². The normalized spacial score (nSPS) is 11.4. The highest BCUT2D eigenvalue weighted by atomic mass is 16.3. The molecule has 0 unspecified atom stereocenters. The Bertz CT molecular complexity index is 660. The van der Waals surface area contributed by atoms with E-state index in [0.29, 0.717) is 0 Å². The van der Waals surface area contributed by atoms with Crippen LogP contribution in [-0.4, -0.2) is 5.78 Å². The zero-order chi connectivity index (χ0) is 15.7. The predicted molar refractivity (Wildman–Crippen MR) is 86.9 cm³/mol. The molecule has 2 rings (SSSR count). The highest BCUT2D eigenvalue weighted by molar-refractivity contribution is 5.99. The third kappa shape index (κ3) is 3.10. The smallest absolute Gasteiger partial charge is 0.168 e. The van der Waals surface area contributed by atoms with Crippen LogP contribution in [0.5, 0.6) is 0 Å². The Balaban J connectivity index is 2.53. The van der Waals surface area contributed by atoms with E-state index in [0.717, 1.165) is 22.6 Å². The summed E-state index contributed by atoms with van der Waals surface area (Å²) in [5.74, 6) is 1.90. The molecule has 2 heteroatoms. The Hall–Kier alpha value is -1.83. The molecule has 112 valence electrons. The zero-order valence-corrected chi connectivity index (χ0v) is 13.8. The maximum atomic E-state index is 12.4. The van der Waals surface area contributed by atoms with E-state index in [1.165, 1.54) is 11.1 Å². The summed E-state index contributed by atoms with van der Waals surface area (Å²) in [6.07, 6.45) is 0. The lowest BCUT2D eigenvalue weighted by Gasteiger charge is -2.06. The molecule has 0 bridgehead atoms. The van der Waals surface area contributed by atoms with Gasteiger partial charge in [0.2, 0.25) is 0 Å². The van der Waals surface area contributed by atoms with Crippen LogP contribution in [0.15, 0.2) is 28.7 Å². The molecule has 0 saturated heterocycles. The molecular formula is C19H24O2. The lowest BCUT2D eigenvalue weighted by molar-refractivity contribution is 0.0937. The van der Waals surface area contributed by atoms with Gasteiger partial charge in [-0.1, -0.05) is 39.8 Å². The van der Waals surface area contributed by atoms with Crippen molar-refractivity contribution in [2.45, 2.75) is 47.5 Å². The number of furan rings is 1. The average molecular weight is 284 g/mol. The number of ketones is 1. The van der Waals surface area contributed by atoms with Gasteiger partial charge in [0, 0.05) is 17.4 Å². The van der Waals surface area contributed by atoms with Crippen LogP contribution < -0.4 is 0 Å². The highest BCUT2D eigenvalue weighted by Gasteiger charge is 2.22. The molecule has 0 N–H and O–H groups in total. The van der Waals surface area contributed by atoms with Gasteiger partial charge >= 0.3 is 0 Å². The van der Waals surface area contributed by atoms with E-state index in [1.807, 2.05) is 19.9 Å². The topological polar surface area (TPSA) is 30.2 Å². The van der Waals surface area contributed by atoms with Crippen molar-refractivity contribution in [1.82, 2.24) is 0 Å². The fraction of sp³-hybridized carbons (Fsp3) is 0.421. The maximum Gasteiger partial charge on any atom is 0.168 e. The van der Waals surface area contributed by atoms with Gasteiger partial charge in [-0.25, -0.2) is 0 Å². The molecule has 0 spiro atoms. The summed E-state index contributed by atoms with van der Waals surface area (Å²) in [4.78, 5) is 12.4. The largest absolute Gasteiger partial charge is 0.460 e. The van der Waals surface area contributed by atoms with Gasteiger partial charge in [-0.3, -0.25) is 4.79 Å². The second-order valence-corrected chi connectivity index (χ2v) is 6.36. The summed E-state index contributed by atoms with van der Waals surface area (Å²) in [6.45, 7) is 12.1. The molecule has 0 aliphatic heterocycles. The fourth-order valence-corrected chi connectivity index (χ4v) is 2.37. The van der Waals surface area contributed by atoms with E-state index in [2.05, 4.69) is 45.9 Å². The third-order valence-corrected chi connectivity index (χ3v) is 3.87. The van der Waals surface area contributed by atoms with Crippen LogP contribution in [-0.2, 0) is 0 Å². The van der Waals surface area contributed by atoms with Gasteiger partial charge in [0.05, 0.1) is 5.56 Å². The summed E-state index contributed by atoms with van der Waals surface area (Å²) in [5.41, 5.74) is 4.25. The fourth-order valence-electron chi connectivity index (χ4n) is 2.37. The number of hydrogen-bond donors (Lipinski definition) is 0. The summed E-state index contributed by atoms with van der Waals surface area (Å²) in [6, 6.07) is 8.16. The first-order chi connectivity index (χ1) is 9.81. The van der Waals surface area contributed by atoms with Crippen LogP contribution in [0.3, 0.4) is 0 Å². The monoisotopic (exact) mass is 284 g/mol. The standard InChI is InChI=1S/C19H24O2/c1-11(2)18(20)16-10-17(21-19(16)12(3)4)15-8-7-13(5)14(6)9-15/h7-12H,1-6H3. The van der Waals surface area contributed by atoms with Crippen molar-refractivity contribution in [3.8, 4) is 11.3 Å². The first kappa shape index (κ1) is 15.6. The maximum absolute atomic E-state index is 12.4. The van der Waals surface area contributed by atoms with Crippen LogP contribution in [0, 0.1) is 19.8 Å². The minimum absolute atomic E-state index is 0.0206. The van der Waals surface area contributed by atoms with Crippen molar-refractivity contribution < 1.29 is 9.21 Å². The molecule has 0 amide bonds. The molecule has 21 heavy (non-hydrogen) atoms. The molecule has 0 aliphatic carbocycles.